The van der Waals surface area contributed by atoms with E-state index in [9.17, 15) is 9.90 Å². The van der Waals surface area contributed by atoms with E-state index in [1.165, 1.54) is 0 Å². The molecule has 17 heavy (non-hydrogen) atoms. The molecule has 1 saturated heterocycles. The summed E-state index contributed by atoms with van der Waals surface area (Å²) in [5.41, 5.74) is -0.392. The maximum absolute atomic E-state index is 12.3. The fourth-order valence-corrected chi connectivity index (χ4v) is 2.48. The molecule has 100 valence electrons. The van der Waals surface area contributed by atoms with Gasteiger partial charge in [0.1, 0.15) is 0 Å². The van der Waals surface area contributed by atoms with Gasteiger partial charge in [-0.25, -0.2) is 0 Å². The van der Waals surface area contributed by atoms with Gasteiger partial charge in [-0.1, -0.05) is 27.2 Å². The first-order chi connectivity index (χ1) is 8.05. The first kappa shape index (κ1) is 14.5. The molecular weight excluding hydrogens is 216 g/mol. The average molecular weight is 242 g/mol. The van der Waals surface area contributed by atoms with Crippen molar-refractivity contribution in [3.63, 3.8) is 0 Å². The van der Waals surface area contributed by atoms with Crippen molar-refractivity contribution in [2.24, 2.45) is 5.92 Å². The van der Waals surface area contributed by atoms with Crippen molar-refractivity contribution >= 4 is 5.91 Å². The van der Waals surface area contributed by atoms with Gasteiger partial charge >= 0.3 is 0 Å². The monoisotopic (exact) mass is 242 g/mol. The second-order valence-electron chi connectivity index (χ2n) is 5.37. The van der Waals surface area contributed by atoms with Crippen LogP contribution in [0, 0.1) is 5.92 Å². The number of hydrogen-bond donors (Lipinski definition) is 3. The first-order valence-corrected chi connectivity index (χ1v) is 6.72. The zero-order valence-corrected chi connectivity index (χ0v) is 11.3. The molecule has 0 aromatic rings. The summed E-state index contributed by atoms with van der Waals surface area (Å²) in [5.74, 6) is 0.314. The molecule has 2 atom stereocenters. The van der Waals surface area contributed by atoms with Gasteiger partial charge in [-0.05, 0) is 31.7 Å². The van der Waals surface area contributed by atoms with Crippen LogP contribution in [0.4, 0.5) is 0 Å². The second-order valence-corrected chi connectivity index (χ2v) is 5.37. The van der Waals surface area contributed by atoms with Gasteiger partial charge < -0.3 is 15.7 Å². The number of rotatable bonds is 6. The lowest BCUT2D eigenvalue weighted by atomic mass is 9.90. The van der Waals surface area contributed by atoms with E-state index in [-0.39, 0.29) is 24.5 Å². The summed E-state index contributed by atoms with van der Waals surface area (Å²) in [6, 6.07) is -0.140. The lowest BCUT2D eigenvalue weighted by Gasteiger charge is -2.31. The van der Waals surface area contributed by atoms with Crippen LogP contribution in [0.15, 0.2) is 0 Å². The van der Waals surface area contributed by atoms with Crippen molar-refractivity contribution in [1.29, 1.82) is 0 Å². The highest BCUT2D eigenvalue weighted by Crippen LogP contribution is 2.25. The molecular formula is C13H26N2O2. The number of carbonyl (C=O) groups excluding carboxylic acids is 1. The molecule has 0 bridgehead atoms. The zero-order valence-electron chi connectivity index (χ0n) is 11.3. The summed E-state index contributed by atoms with van der Waals surface area (Å²) in [6.07, 6.45) is 3.82. The smallest absolute Gasteiger partial charge is 0.240 e. The highest BCUT2D eigenvalue weighted by molar-refractivity contribution is 5.87. The summed E-state index contributed by atoms with van der Waals surface area (Å²) in [5, 5.41) is 15.6. The number of aliphatic hydroxyl groups is 1. The van der Waals surface area contributed by atoms with E-state index in [0.29, 0.717) is 0 Å². The lowest BCUT2D eigenvalue weighted by Crippen LogP contribution is -2.57. The van der Waals surface area contributed by atoms with Crippen LogP contribution in [0.2, 0.25) is 0 Å². The lowest BCUT2D eigenvalue weighted by molar-refractivity contribution is -0.128. The predicted molar refractivity (Wildman–Crippen MR) is 68.7 cm³/mol. The highest BCUT2D eigenvalue weighted by atomic mass is 16.3. The summed E-state index contributed by atoms with van der Waals surface area (Å²) in [7, 11) is 0. The van der Waals surface area contributed by atoms with Crippen molar-refractivity contribution in [2.75, 3.05) is 13.2 Å². The van der Waals surface area contributed by atoms with Crippen LogP contribution in [-0.4, -0.2) is 35.7 Å². The van der Waals surface area contributed by atoms with Crippen molar-refractivity contribution in [3.05, 3.63) is 0 Å². The molecule has 4 heteroatoms. The van der Waals surface area contributed by atoms with Gasteiger partial charge in [0.15, 0.2) is 0 Å². The van der Waals surface area contributed by atoms with E-state index in [2.05, 4.69) is 17.6 Å². The molecule has 1 amide bonds. The summed E-state index contributed by atoms with van der Waals surface area (Å²) >= 11 is 0. The minimum Gasteiger partial charge on any atom is -0.394 e. The Morgan fingerprint density at radius 1 is 1.53 bits per heavy atom. The van der Waals surface area contributed by atoms with Crippen LogP contribution in [-0.2, 0) is 4.79 Å². The Labute approximate surface area is 104 Å². The molecule has 1 rings (SSSR count). The maximum atomic E-state index is 12.3. The van der Waals surface area contributed by atoms with Crippen molar-refractivity contribution in [2.45, 2.75) is 58.0 Å². The van der Waals surface area contributed by atoms with E-state index in [4.69, 9.17) is 0 Å². The molecule has 0 spiro atoms. The first-order valence-electron chi connectivity index (χ1n) is 6.72. The van der Waals surface area contributed by atoms with Crippen molar-refractivity contribution in [3.8, 4) is 0 Å². The SMILES string of the molecule is CCCC1(C(=O)NC(CO)C(C)C)CCCN1. The fraction of sp³-hybridized carbons (Fsp3) is 0.923. The van der Waals surface area contributed by atoms with Gasteiger partial charge in [0.25, 0.3) is 0 Å². The third-order valence-electron chi connectivity index (χ3n) is 3.67. The van der Waals surface area contributed by atoms with Gasteiger partial charge in [0.2, 0.25) is 5.91 Å². The number of hydrogen-bond acceptors (Lipinski definition) is 3. The molecule has 3 N–H and O–H groups in total. The standard InChI is InChI=1S/C13H26N2O2/c1-4-6-13(7-5-8-14-13)12(17)15-11(9-16)10(2)3/h10-11,14,16H,4-9H2,1-3H3,(H,15,17). The molecule has 0 aliphatic carbocycles. The zero-order chi connectivity index (χ0) is 12.9. The van der Waals surface area contributed by atoms with Crippen molar-refractivity contribution in [1.82, 2.24) is 10.6 Å². The molecule has 0 radical (unpaired) electrons. The van der Waals surface area contributed by atoms with Gasteiger partial charge in [0.05, 0.1) is 18.2 Å². The summed E-state index contributed by atoms with van der Waals surface area (Å²) in [6.45, 7) is 7.04. The minimum absolute atomic E-state index is 0.00557. The van der Waals surface area contributed by atoms with Gasteiger partial charge in [-0.15, -0.1) is 0 Å². The van der Waals surface area contributed by atoms with Crippen LogP contribution >= 0.6 is 0 Å². The van der Waals surface area contributed by atoms with Gasteiger partial charge in [0, 0.05) is 0 Å². The molecule has 0 saturated carbocycles. The molecule has 1 heterocycles. The third-order valence-corrected chi connectivity index (χ3v) is 3.67. The Morgan fingerprint density at radius 2 is 2.24 bits per heavy atom. The van der Waals surface area contributed by atoms with E-state index < -0.39 is 5.54 Å². The third kappa shape index (κ3) is 3.42. The number of carbonyl (C=O) groups is 1. The van der Waals surface area contributed by atoms with Gasteiger partial charge in [-0.3, -0.25) is 4.79 Å². The van der Waals surface area contributed by atoms with Crippen LogP contribution in [0.3, 0.4) is 0 Å². The molecule has 0 aromatic carbocycles. The maximum Gasteiger partial charge on any atom is 0.240 e. The van der Waals surface area contributed by atoms with Crippen LogP contribution < -0.4 is 10.6 Å². The molecule has 4 nitrogen and oxygen atoms in total. The molecule has 1 aliphatic rings. The average Bonchev–Trinajstić information content (AvgIpc) is 2.75. The number of aliphatic hydroxyl groups excluding tert-OH is 1. The van der Waals surface area contributed by atoms with E-state index in [1.807, 2.05) is 13.8 Å². The quantitative estimate of drug-likeness (QED) is 0.652. The highest BCUT2D eigenvalue weighted by Gasteiger charge is 2.40. The Morgan fingerprint density at radius 3 is 2.65 bits per heavy atom. The number of amides is 1. The number of nitrogens with one attached hydrogen (secondary N) is 2. The molecule has 1 fully saturated rings. The Bertz CT molecular complexity index is 248. The predicted octanol–water partition coefficient (Wildman–Crippen LogP) is 1.04. The van der Waals surface area contributed by atoms with Crippen molar-refractivity contribution < 1.29 is 9.90 Å². The summed E-state index contributed by atoms with van der Waals surface area (Å²) in [4.78, 5) is 12.3. The molecule has 2 unspecified atom stereocenters. The van der Waals surface area contributed by atoms with Gasteiger partial charge in [-0.2, -0.15) is 0 Å². The second kappa shape index (κ2) is 6.36. The van der Waals surface area contributed by atoms with Crippen LogP contribution in [0.25, 0.3) is 0 Å². The Hall–Kier alpha value is -0.610. The van der Waals surface area contributed by atoms with Crippen LogP contribution in [0.1, 0.15) is 46.5 Å². The van der Waals surface area contributed by atoms with E-state index >= 15 is 0 Å². The molecule has 1 aliphatic heterocycles. The summed E-state index contributed by atoms with van der Waals surface area (Å²) < 4.78 is 0. The Kier molecular flexibility index (Phi) is 5.40. The topological polar surface area (TPSA) is 61.4 Å². The van der Waals surface area contributed by atoms with E-state index in [1.54, 1.807) is 0 Å². The largest absolute Gasteiger partial charge is 0.394 e. The van der Waals surface area contributed by atoms with Crippen LogP contribution in [0.5, 0.6) is 0 Å². The van der Waals surface area contributed by atoms with E-state index in [0.717, 1.165) is 32.2 Å². The fourth-order valence-electron chi connectivity index (χ4n) is 2.48. The molecule has 0 aromatic heterocycles. The normalized spacial score (nSPS) is 26.2. The Balaban J connectivity index is 2.65. The minimum atomic E-state index is -0.392.